The first-order chi connectivity index (χ1) is 17.2. The van der Waals surface area contributed by atoms with E-state index in [-0.39, 0.29) is 23.5 Å². The van der Waals surface area contributed by atoms with Crippen LogP contribution in [0.2, 0.25) is 0 Å². The van der Waals surface area contributed by atoms with Crippen molar-refractivity contribution in [1.29, 1.82) is 0 Å². The molecule has 2 amide bonds. The van der Waals surface area contributed by atoms with Gasteiger partial charge in [0.25, 0.3) is 5.91 Å². The summed E-state index contributed by atoms with van der Waals surface area (Å²) in [7, 11) is -3.09. The Balaban J connectivity index is 1.72. The van der Waals surface area contributed by atoms with Gasteiger partial charge in [0.1, 0.15) is 12.1 Å². The van der Waals surface area contributed by atoms with E-state index < -0.39 is 51.6 Å². The van der Waals surface area contributed by atoms with Gasteiger partial charge in [0.05, 0.1) is 10.5 Å². The summed E-state index contributed by atoms with van der Waals surface area (Å²) in [5.41, 5.74) is -0.335. The van der Waals surface area contributed by atoms with Gasteiger partial charge in [-0.3, -0.25) is 14.4 Å². The minimum absolute atomic E-state index is 0.0138. The molecule has 1 heterocycles. The lowest BCUT2D eigenvalue weighted by Gasteiger charge is -2.25. The van der Waals surface area contributed by atoms with Crippen LogP contribution in [0.1, 0.15) is 41.3 Å². The summed E-state index contributed by atoms with van der Waals surface area (Å²) in [5, 5.41) is 11.8. The predicted octanol–water partition coefficient (Wildman–Crippen LogP) is 2.72. The van der Waals surface area contributed by atoms with Crippen molar-refractivity contribution in [3.05, 3.63) is 65.2 Å². The van der Waals surface area contributed by atoms with Gasteiger partial charge in [-0.2, -0.15) is 17.5 Å². The Labute approximate surface area is 211 Å². The zero-order chi connectivity index (χ0) is 27.5. The number of likely N-dealkylation sites (tertiary alicyclic amines) is 1. The van der Waals surface area contributed by atoms with Gasteiger partial charge < -0.3 is 15.3 Å². The molecule has 0 aromatic heterocycles. The largest absolute Gasteiger partial charge is 0.480 e. The number of sulfonamides is 1. The first kappa shape index (κ1) is 28.1. The Hall–Kier alpha value is -3.45. The lowest BCUT2D eigenvalue weighted by atomic mass is 10.1. The van der Waals surface area contributed by atoms with Crippen LogP contribution in [0.5, 0.6) is 0 Å². The molecule has 37 heavy (non-hydrogen) atoms. The summed E-state index contributed by atoms with van der Waals surface area (Å²) in [6.45, 7) is 1.44. The van der Waals surface area contributed by atoms with E-state index in [2.05, 4.69) is 5.32 Å². The molecule has 0 aliphatic carbocycles. The molecule has 3 rings (SSSR count). The first-order valence-electron chi connectivity index (χ1n) is 11.3. The molecule has 0 spiro atoms. The number of rotatable bonds is 8. The van der Waals surface area contributed by atoms with E-state index >= 15 is 0 Å². The first-order valence-corrected chi connectivity index (χ1v) is 12.7. The quantitative estimate of drug-likeness (QED) is 0.530. The van der Waals surface area contributed by atoms with E-state index in [0.29, 0.717) is 22.7 Å². The standard InChI is InChI=1S/C24H26F3N3O6S/c1-15(23(33)34)29(2)37(35,36)19-6-3-5-17(13-19)22(32)30-12-4-7-20(30)21(31)28-14-16-8-10-18(11-9-16)24(25,26)27/h3,5-6,8-11,13,15,20H,4,7,12,14H2,1-2H3,(H,28,31)(H,33,34)/t15?,20-/m1/s1. The highest BCUT2D eigenvalue weighted by Crippen LogP contribution is 2.29. The van der Waals surface area contributed by atoms with Gasteiger partial charge >= 0.3 is 12.1 Å². The van der Waals surface area contributed by atoms with Crippen LogP contribution in [0.25, 0.3) is 0 Å². The Morgan fingerprint density at radius 1 is 1.16 bits per heavy atom. The second kappa shape index (κ2) is 10.9. The topological polar surface area (TPSA) is 124 Å². The van der Waals surface area contributed by atoms with Crippen molar-refractivity contribution in [2.75, 3.05) is 13.6 Å². The fourth-order valence-electron chi connectivity index (χ4n) is 3.89. The molecule has 1 fully saturated rings. The lowest BCUT2D eigenvalue weighted by molar-refractivity contribution is -0.140. The van der Waals surface area contributed by atoms with Crippen molar-refractivity contribution >= 4 is 27.8 Å². The molecule has 1 saturated heterocycles. The van der Waals surface area contributed by atoms with Gasteiger partial charge in [0, 0.05) is 25.7 Å². The normalized spacial score (nSPS) is 17.0. The molecular formula is C24H26F3N3O6S. The number of nitrogens with zero attached hydrogens (tertiary/aromatic N) is 2. The lowest BCUT2D eigenvalue weighted by Crippen LogP contribution is -2.45. The Morgan fingerprint density at radius 2 is 1.81 bits per heavy atom. The van der Waals surface area contributed by atoms with Crippen molar-refractivity contribution in [2.45, 2.75) is 49.5 Å². The number of benzene rings is 2. The van der Waals surface area contributed by atoms with Crippen molar-refractivity contribution in [3.8, 4) is 0 Å². The average molecular weight is 542 g/mol. The summed E-state index contributed by atoms with van der Waals surface area (Å²) in [6, 6.07) is 7.33. The van der Waals surface area contributed by atoms with Crippen LogP contribution >= 0.6 is 0 Å². The number of hydrogen-bond acceptors (Lipinski definition) is 5. The summed E-state index contributed by atoms with van der Waals surface area (Å²) in [5.74, 6) is -2.39. The summed E-state index contributed by atoms with van der Waals surface area (Å²) < 4.78 is 64.6. The number of carboxylic acid groups (broad SMARTS) is 1. The van der Waals surface area contributed by atoms with Crippen LogP contribution in [-0.2, 0) is 32.3 Å². The summed E-state index contributed by atoms with van der Waals surface area (Å²) in [4.78, 5) is 38.3. The fraction of sp³-hybridized carbons (Fsp3) is 0.375. The number of carboxylic acids is 1. The molecule has 1 aliphatic heterocycles. The molecule has 1 aliphatic rings. The average Bonchev–Trinajstić information content (AvgIpc) is 3.35. The van der Waals surface area contributed by atoms with Gasteiger partial charge in [-0.25, -0.2) is 8.42 Å². The van der Waals surface area contributed by atoms with Crippen LogP contribution in [0.15, 0.2) is 53.4 Å². The van der Waals surface area contributed by atoms with Gasteiger partial charge in [-0.1, -0.05) is 18.2 Å². The smallest absolute Gasteiger partial charge is 0.416 e. The Kier molecular flexibility index (Phi) is 8.28. The second-order valence-corrected chi connectivity index (χ2v) is 10.6. The zero-order valence-corrected chi connectivity index (χ0v) is 20.8. The van der Waals surface area contributed by atoms with Crippen molar-refractivity contribution < 1.29 is 41.1 Å². The highest BCUT2D eigenvalue weighted by Gasteiger charge is 2.36. The van der Waals surface area contributed by atoms with E-state index in [1.54, 1.807) is 0 Å². The van der Waals surface area contributed by atoms with Crippen LogP contribution in [-0.4, -0.2) is 66.2 Å². The van der Waals surface area contributed by atoms with Crippen molar-refractivity contribution in [3.63, 3.8) is 0 Å². The highest BCUT2D eigenvalue weighted by molar-refractivity contribution is 7.89. The third kappa shape index (κ3) is 6.28. The number of halogens is 3. The minimum atomic E-state index is -4.47. The number of hydrogen-bond donors (Lipinski definition) is 2. The van der Waals surface area contributed by atoms with Gasteiger partial charge in [-0.15, -0.1) is 0 Å². The Morgan fingerprint density at radius 3 is 2.41 bits per heavy atom. The third-order valence-corrected chi connectivity index (χ3v) is 8.15. The number of alkyl halides is 3. The second-order valence-electron chi connectivity index (χ2n) is 8.63. The highest BCUT2D eigenvalue weighted by atomic mass is 32.2. The Bertz CT molecular complexity index is 1280. The maximum atomic E-state index is 13.2. The van der Waals surface area contributed by atoms with Crippen LogP contribution in [0, 0.1) is 0 Å². The predicted molar refractivity (Wildman–Crippen MR) is 126 cm³/mol. The number of carbonyl (C=O) groups excluding carboxylic acids is 2. The van der Waals surface area contributed by atoms with Crippen LogP contribution in [0.4, 0.5) is 13.2 Å². The van der Waals surface area contributed by atoms with E-state index in [9.17, 15) is 36.0 Å². The number of aliphatic carboxylic acids is 1. The monoisotopic (exact) mass is 541 g/mol. The molecule has 9 nitrogen and oxygen atoms in total. The maximum absolute atomic E-state index is 13.2. The SMILES string of the molecule is CC(C(=O)O)N(C)S(=O)(=O)c1cccc(C(=O)N2CCC[C@@H]2C(=O)NCc2ccc(C(F)(F)F)cc2)c1. The van der Waals surface area contributed by atoms with E-state index in [4.69, 9.17) is 5.11 Å². The zero-order valence-electron chi connectivity index (χ0n) is 20.0. The number of likely N-dealkylation sites (N-methyl/N-ethyl adjacent to an activating group) is 1. The minimum Gasteiger partial charge on any atom is -0.480 e. The molecule has 13 heteroatoms. The summed E-state index contributed by atoms with van der Waals surface area (Å²) in [6.07, 6.45) is -3.57. The molecule has 1 unspecified atom stereocenters. The number of amides is 2. The fourth-order valence-corrected chi connectivity index (χ4v) is 5.25. The van der Waals surface area contributed by atoms with Crippen LogP contribution in [0.3, 0.4) is 0 Å². The molecule has 2 aromatic carbocycles. The molecule has 2 aromatic rings. The van der Waals surface area contributed by atoms with E-state index in [1.165, 1.54) is 42.2 Å². The molecule has 0 radical (unpaired) electrons. The number of nitrogens with one attached hydrogen (secondary N) is 1. The van der Waals surface area contributed by atoms with E-state index in [1.807, 2.05) is 0 Å². The maximum Gasteiger partial charge on any atom is 0.416 e. The summed E-state index contributed by atoms with van der Waals surface area (Å²) >= 11 is 0. The van der Waals surface area contributed by atoms with Gasteiger partial charge in [-0.05, 0) is 55.7 Å². The molecular weight excluding hydrogens is 515 g/mol. The van der Waals surface area contributed by atoms with Crippen molar-refractivity contribution in [1.82, 2.24) is 14.5 Å². The molecule has 0 bridgehead atoms. The molecule has 0 saturated carbocycles. The molecule has 2 atom stereocenters. The van der Waals surface area contributed by atoms with Crippen molar-refractivity contribution in [2.24, 2.45) is 0 Å². The molecule has 200 valence electrons. The number of carbonyl (C=O) groups is 3. The van der Waals surface area contributed by atoms with Gasteiger partial charge in [0.2, 0.25) is 15.9 Å². The molecule has 2 N–H and O–H groups in total. The van der Waals surface area contributed by atoms with Gasteiger partial charge in [0.15, 0.2) is 0 Å². The third-order valence-electron chi connectivity index (χ3n) is 6.23. The van der Waals surface area contributed by atoms with E-state index in [0.717, 1.165) is 25.2 Å². The van der Waals surface area contributed by atoms with Crippen LogP contribution < -0.4 is 5.32 Å².